The summed E-state index contributed by atoms with van der Waals surface area (Å²) in [5.41, 5.74) is 0. The zero-order chi connectivity index (χ0) is 10.7. The zero-order valence-electron chi connectivity index (χ0n) is 5.63. The molecule has 0 atom stereocenters. The standard InChI is InChI=1S/Ag.3NO3.Pt/c;3*2-1(3)4;/q+1;3*-1;+2. The molecule has 12 nitrogen and oxygen atoms in total. The molecule has 0 aromatic carbocycles. The smallest absolute Gasteiger partial charge is 0.356 e. The molecule has 0 radical (unpaired) electrons. The van der Waals surface area contributed by atoms with Crippen LogP contribution in [0.3, 0.4) is 0 Å². The summed E-state index contributed by atoms with van der Waals surface area (Å²) >= 11 is 0. The zero-order valence-corrected chi connectivity index (χ0v) is 9.39. The van der Waals surface area contributed by atoms with Gasteiger partial charge in [-0.2, -0.15) is 0 Å². The van der Waals surface area contributed by atoms with Crippen LogP contribution in [-0.4, -0.2) is 15.3 Å². The predicted molar refractivity (Wildman–Crippen MR) is 31.1 cm³/mol. The first kappa shape index (κ1) is 29.2. The summed E-state index contributed by atoms with van der Waals surface area (Å²) < 4.78 is 0. The van der Waals surface area contributed by atoms with Crippen LogP contribution in [0.4, 0.5) is 0 Å². The molecule has 0 aliphatic heterocycles. The first-order valence-corrected chi connectivity index (χ1v) is 1.64. The largest absolute Gasteiger partial charge is 2.00 e. The van der Waals surface area contributed by atoms with E-state index in [9.17, 15) is 0 Å². The Morgan fingerprint density at radius 1 is 0.571 bits per heavy atom. The maximum absolute atomic E-state index is 8.25. The SMILES string of the molecule is O=[N+]([O-])[O-].O=[N+]([O-])[O-].O=[N+]([O-])[O-].[Ag+].[Pt+2]. The van der Waals surface area contributed by atoms with E-state index in [1.807, 2.05) is 0 Å². The van der Waals surface area contributed by atoms with Crippen molar-refractivity contribution in [1.82, 2.24) is 0 Å². The van der Waals surface area contributed by atoms with Crippen LogP contribution in [-0.2, 0) is 43.4 Å². The van der Waals surface area contributed by atoms with Gasteiger partial charge in [-0.3, -0.25) is 0 Å². The molecule has 0 N–H and O–H groups in total. The predicted octanol–water partition coefficient (Wildman–Crippen LogP) is -0.722. The van der Waals surface area contributed by atoms with Crippen molar-refractivity contribution in [2.75, 3.05) is 0 Å². The molecule has 0 amide bonds. The Morgan fingerprint density at radius 2 is 0.571 bits per heavy atom. The maximum Gasteiger partial charge on any atom is 2.00 e. The molecule has 0 saturated heterocycles. The average Bonchev–Trinajstić information content (AvgIpc) is 1.54. The van der Waals surface area contributed by atoms with Gasteiger partial charge < -0.3 is 46.0 Å². The van der Waals surface area contributed by atoms with E-state index in [-0.39, 0.29) is 43.4 Å². The number of hydrogen-bond acceptors (Lipinski definition) is 9. The van der Waals surface area contributed by atoms with Crippen molar-refractivity contribution in [2.24, 2.45) is 0 Å². The first-order chi connectivity index (χ1) is 5.20. The number of rotatable bonds is 0. The van der Waals surface area contributed by atoms with Crippen LogP contribution in [0.5, 0.6) is 0 Å². The summed E-state index contributed by atoms with van der Waals surface area (Å²) in [5.74, 6) is 0. The Morgan fingerprint density at radius 3 is 0.571 bits per heavy atom. The minimum atomic E-state index is -1.75. The van der Waals surface area contributed by atoms with Crippen molar-refractivity contribution in [3.8, 4) is 0 Å². The van der Waals surface area contributed by atoms with Gasteiger partial charge in [-0.05, 0) is 0 Å². The van der Waals surface area contributed by atoms with Gasteiger partial charge in [0.1, 0.15) is 0 Å². The van der Waals surface area contributed by atoms with Crippen molar-refractivity contribution in [3.05, 3.63) is 46.0 Å². The fourth-order valence-corrected chi connectivity index (χ4v) is 0. The van der Waals surface area contributed by atoms with Crippen molar-refractivity contribution in [2.45, 2.75) is 0 Å². The fraction of sp³-hybridized carbons (Fsp3) is 0. The molecule has 0 aliphatic carbocycles. The van der Waals surface area contributed by atoms with Crippen LogP contribution in [0.1, 0.15) is 0 Å². The van der Waals surface area contributed by atoms with Crippen molar-refractivity contribution >= 4 is 0 Å². The molecular weight excluding hydrogens is 489 g/mol. The molecule has 0 fully saturated rings. The summed E-state index contributed by atoms with van der Waals surface area (Å²) in [7, 11) is 0. The Balaban J connectivity index is -0.0000000270. The Hall–Kier alpha value is -0.971. The van der Waals surface area contributed by atoms with Crippen LogP contribution in [0.15, 0.2) is 0 Å². The van der Waals surface area contributed by atoms with E-state index in [4.69, 9.17) is 46.0 Å². The Kier molecular flexibility index (Phi) is 47.4. The van der Waals surface area contributed by atoms with E-state index in [1.54, 1.807) is 0 Å². The third kappa shape index (κ3) is 1180. The van der Waals surface area contributed by atoms with E-state index in [2.05, 4.69) is 0 Å². The van der Waals surface area contributed by atoms with Crippen molar-refractivity contribution < 1.29 is 58.7 Å². The Bertz CT molecular complexity index is 118. The van der Waals surface area contributed by atoms with Gasteiger partial charge in [0.25, 0.3) is 0 Å². The summed E-state index contributed by atoms with van der Waals surface area (Å²) in [6, 6.07) is 0. The van der Waals surface area contributed by atoms with Crippen LogP contribution < -0.4 is 0 Å². The molecule has 0 bridgehead atoms. The summed E-state index contributed by atoms with van der Waals surface area (Å²) in [6.07, 6.45) is 0. The van der Waals surface area contributed by atoms with Crippen molar-refractivity contribution in [1.29, 1.82) is 0 Å². The molecule has 0 saturated carbocycles. The van der Waals surface area contributed by atoms with Gasteiger partial charge in [-0.25, -0.2) is 0 Å². The molecule has 0 unspecified atom stereocenters. The monoisotopic (exact) mass is 488 g/mol. The van der Waals surface area contributed by atoms with Gasteiger partial charge in [0.05, 0.1) is 15.3 Å². The quantitative estimate of drug-likeness (QED) is 0.239. The van der Waals surface area contributed by atoms with Gasteiger partial charge in [0.15, 0.2) is 0 Å². The molecule has 90 valence electrons. The van der Waals surface area contributed by atoms with Crippen molar-refractivity contribution in [3.63, 3.8) is 0 Å². The van der Waals surface area contributed by atoms with Gasteiger partial charge in [0, 0.05) is 0 Å². The number of hydrogen-bond donors (Lipinski definition) is 0. The molecule has 0 aliphatic rings. The van der Waals surface area contributed by atoms with E-state index < -0.39 is 15.3 Å². The van der Waals surface area contributed by atoms with Gasteiger partial charge in [-0.15, -0.1) is 0 Å². The average molecular weight is 489 g/mol. The molecule has 0 aromatic heterocycles. The maximum atomic E-state index is 8.25. The summed E-state index contributed by atoms with van der Waals surface area (Å²) in [5, 5.41) is 44.2. The second-order valence-electron chi connectivity index (χ2n) is 0.671. The van der Waals surface area contributed by atoms with Gasteiger partial charge in [-0.1, -0.05) is 0 Å². The minimum absolute atomic E-state index is 0. The van der Waals surface area contributed by atoms with E-state index in [0.29, 0.717) is 0 Å². The molecule has 14 heteroatoms. The van der Waals surface area contributed by atoms with E-state index >= 15 is 0 Å². The summed E-state index contributed by atoms with van der Waals surface area (Å²) in [4.78, 5) is 24.8. The molecular formula is AgN3O9Pt. The van der Waals surface area contributed by atoms with Gasteiger partial charge in [0.2, 0.25) is 0 Å². The third-order valence-corrected chi connectivity index (χ3v) is 0. The second kappa shape index (κ2) is 22.7. The summed E-state index contributed by atoms with van der Waals surface area (Å²) in [6.45, 7) is 0. The fourth-order valence-electron chi connectivity index (χ4n) is 0. The topological polar surface area (TPSA) is 199 Å². The van der Waals surface area contributed by atoms with Crippen LogP contribution in [0.2, 0.25) is 0 Å². The number of nitrogens with zero attached hydrogens (tertiary/aromatic N) is 3. The molecule has 0 aromatic rings. The van der Waals surface area contributed by atoms with E-state index in [0.717, 1.165) is 0 Å². The Labute approximate surface area is 105 Å². The third-order valence-electron chi connectivity index (χ3n) is 0. The van der Waals surface area contributed by atoms with Crippen LogP contribution >= 0.6 is 0 Å². The van der Waals surface area contributed by atoms with Crippen LogP contribution in [0, 0.1) is 46.0 Å². The molecule has 0 rings (SSSR count). The molecule has 0 spiro atoms. The van der Waals surface area contributed by atoms with Crippen LogP contribution in [0.25, 0.3) is 0 Å². The molecule has 0 heterocycles. The van der Waals surface area contributed by atoms with E-state index in [1.165, 1.54) is 0 Å². The minimum Gasteiger partial charge on any atom is -0.356 e. The normalized spacial score (nSPS) is 5.14. The first-order valence-electron chi connectivity index (χ1n) is 1.64. The second-order valence-corrected chi connectivity index (χ2v) is 0.671. The van der Waals surface area contributed by atoms with Gasteiger partial charge >= 0.3 is 43.4 Å². The molecule has 14 heavy (non-hydrogen) atoms.